The summed E-state index contributed by atoms with van der Waals surface area (Å²) in [7, 11) is -7.24. The highest BCUT2D eigenvalue weighted by atomic mass is 32.2. The molecule has 0 spiro atoms. The van der Waals surface area contributed by atoms with Crippen molar-refractivity contribution in [2.24, 2.45) is 16.7 Å². The lowest BCUT2D eigenvalue weighted by Gasteiger charge is -2.30. The van der Waals surface area contributed by atoms with Gasteiger partial charge in [0.25, 0.3) is 10.1 Å². The molecule has 37 heavy (non-hydrogen) atoms. The van der Waals surface area contributed by atoms with Gasteiger partial charge >= 0.3 is 0 Å². The molecule has 0 heterocycles. The smallest absolute Gasteiger partial charge is 0.294 e. The molecule has 0 fully saturated rings. The van der Waals surface area contributed by atoms with E-state index in [0.717, 1.165) is 18.4 Å². The largest absolute Gasteiger partial charge is 0.297 e. The van der Waals surface area contributed by atoms with Gasteiger partial charge in [0.05, 0.1) is 13.2 Å². The highest BCUT2D eigenvalue weighted by molar-refractivity contribution is 7.99. The van der Waals surface area contributed by atoms with Crippen LogP contribution in [-0.4, -0.2) is 31.7 Å². The number of benzene rings is 1. The lowest BCUT2D eigenvalue weighted by Crippen LogP contribution is -2.25. The molecule has 0 aliphatic heterocycles. The Labute approximate surface area is 227 Å². The third-order valence-corrected chi connectivity index (χ3v) is 9.73. The van der Waals surface area contributed by atoms with Crippen molar-refractivity contribution in [3.05, 3.63) is 46.4 Å². The molecule has 0 saturated heterocycles. The van der Waals surface area contributed by atoms with Crippen LogP contribution in [0.5, 0.6) is 0 Å². The summed E-state index contributed by atoms with van der Waals surface area (Å²) >= 11 is 0. The molecule has 1 aliphatic rings. The fraction of sp³-hybridized carbons (Fsp3) is 0.633. The van der Waals surface area contributed by atoms with E-state index in [-0.39, 0.29) is 40.3 Å². The summed E-state index contributed by atoms with van der Waals surface area (Å²) in [5.74, 6) is 3.97. The predicted molar refractivity (Wildman–Crippen MR) is 157 cm³/mol. The minimum atomic E-state index is -4.12. The van der Waals surface area contributed by atoms with E-state index < -0.39 is 19.9 Å². The molecule has 1 aromatic carbocycles. The number of allylic oxidation sites excluding steroid dienone is 4. The summed E-state index contributed by atoms with van der Waals surface area (Å²) in [6.07, 6.45) is 6.16. The van der Waals surface area contributed by atoms with Crippen LogP contribution in [0.1, 0.15) is 99.6 Å². The van der Waals surface area contributed by atoms with Crippen molar-refractivity contribution in [2.75, 3.05) is 13.2 Å². The lowest BCUT2D eigenvalue weighted by molar-refractivity contribution is 0.203. The molecule has 210 valence electrons. The van der Waals surface area contributed by atoms with E-state index in [2.05, 4.69) is 26.6 Å². The van der Waals surface area contributed by atoms with Gasteiger partial charge in [-0.25, -0.2) is 4.21 Å². The normalized spacial score (nSPS) is 19.2. The molecule has 2 atom stereocenters. The summed E-state index contributed by atoms with van der Waals surface area (Å²) in [6, 6.07) is 5.53. The predicted octanol–water partition coefficient (Wildman–Crippen LogP) is 7.52. The van der Waals surface area contributed by atoms with Gasteiger partial charge < -0.3 is 0 Å². The molecular weight excluding hydrogens is 504 g/mol. The molecular formula is C30H48O5S2. The minimum Gasteiger partial charge on any atom is -0.294 e. The van der Waals surface area contributed by atoms with E-state index >= 15 is 0 Å². The SMILES string of the molecule is C=S(=O)(OCC(C)(C)C)C1=C(c2ccc(C(C)(C)CC)cc2S(=O)(=O)OCC(C)(C)C)C=CCC1CC. The molecule has 0 aromatic heterocycles. The van der Waals surface area contributed by atoms with Gasteiger partial charge in [0.2, 0.25) is 0 Å². The summed E-state index contributed by atoms with van der Waals surface area (Å²) in [6.45, 7) is 20.5. The first-order valence-electron chi connectivity index (χ1n) is 13.2. The molecule has 1 aliphatic carbocycles. The maximum Gasteiger partial charge on any atom is 0.297 e. The Balaban J connectivity index is 2.86. The first-order chi connectivity index (χ1) is 16.7. The summed E-state index contributed by atoms with van der Waals surface area (Å²) < 4.78 is 53.0. The standard InChI is InChI=1S/C30H48O5S2/c1-12-22-15-14-16-25(27(22)36(11,31)34-20-28(3,4)5)24-18-17-23(30(9,10)13-2)19-26(24)37(32,33)35-21-29(6,7)8/h14,16-19,22H,11-13,15,20-21H2,1-10H3. The molecule has 2 rings (SSSR count). The first-order valence-corrected chi connectivity index (χ1v) is 16.3. The third-order valence-electron chi connectivity index (χ3n) is 6.71. The van der Waals surface area contributed by atoms with Crippen LogP contribution in [0.2, 0.25) is 0 Å². The van der Waals surface area contributed by atoms with Crippen LogP contribution >= 0.6 is 0 Å². The molecule has 7 heteroatoms. The van der Waals surface area contributed by atoms with Gasteiger partial charge in [0.15, 0.2) is 0 Å². The zero-order chi connectivity index (χ0) is 28.4. The molecule has 0 radical (unpaired) electrons. The Morgan fingerprint density at radius 2 is 1.49 bits per heavy atom. The van der Waals surface area contributed by atoms with Crippen LogP contribution in [0.4, 0.5) is 0 Å². The quantitative estimate of drug-likeness (QED) is 0.222. The topological polar surface area (TPSA) is 69.7 Å². The molecule has 0 saturated carbocycles. The van der Waals surface area contributed by atoms with Crippen molar-refractivity contribution < 1.29 is 21.0 Å². The highest BCUT2D eigenvalue weighted by Gasteiger charge is 2.33. The summed E-state index contributed by atoms with van der Waals surface area (Å²) in [4.78, 5) is 0.673. The molecule has 0 N–H and O–H groups in total. The zero-order valence-corrected chi connectivity index (χ0v) is 26.2. The van der Waals surface area contributed by atoms with Crippen molar-refractivity contribution in [1.82, 2.24) is 0 Å². The Bertz CT molecular complexity index is 1240. The second-order valence-corrected chi connectivity index (χ2v) is 16.7. The lowest BCUT2D eigenvalue weighted by atomic mass is 9.81. The first kappa shape index (κ1) is 31.8. The van der Waals surface area contributed by atoms with Crippen molar-refractivity contribution in [3.8, 4) is 0 Å². The van der Waals surface area contributed by atoms with Crippen molar-refractivity contribution in [2.45, 2.75) is 98.8 Å². The van der Waals surface area contributed by atoms with Gasteiger partial charge in [-0.1, -0.05) is 93.5 Å². The van der Waals surface area contributed by atoms with Gasteiger partial charge in [-0.15, -0.1) is 0 Å². The van der Waals surface area contributed by atoms with E-state index in [9.17, 15) is 12.6 Å². The fourth-order valence-corrected chi connectivity index (χ4v) is 7.29. The number of hydrogen-bond donors (Lipinski definition) is 0. The van der Waals surface area contributed by atoms with E-state index in [0.29, 0.717) is 22.5 Å². The van der Waals surface area contributed by atoms with Gasteiger partial charge in [-0.05, 0) is 64.5 Å². The second kappa shape index (κ2) is 11.4. The van der Waals surface area contributed by atoms with E-state index in [1.807, 2.05) is 72.8 Å². The van der Waals surface area contributed by atoms with Crippen LogP contribution in [0, 0.1) is 16.7 Å². The molecule has 1 aromatic rings. The van der Waals surface area contributed by atoms with E-state index in [4.69, 9.17) is 8.37 Å². The Morgan fingerprint density at radius 3 is 2.00 bits per heavy atom. The average Bonchev–Trinajstić information content (AvgIpc) is 2.80. The summed E-state index contributed by atoms with van der Waals surface area (Å²) in [5, 5.41) is 0. The van der Waals surface area contributed by atoms with Crippen molar-refractivity contribution in [3.63, 3.8) is 0 Å². The van der Waals surface area contributed by atoms with E-state index in [1.165, 1.54) is 0 Å². The second-order valence-electron chi connectivity index (χ2n) is 13.2. The van der Waals surface area contributed by atoms with Crippen molar-refractivity contribution in [1.29, 1.82) is 0 Å². The van der Waals surface area contributed by atoms with Crippen molar-refractivity contribution >= 4 is 31.4 Å². The molecule has 2 unspecified atom stereocenters. The van der Waals surface area contributed by atoms with Crippen LogP contribution in [0.3, 0.4) is 0 Å². The van der Waals surface area contributed by atoms with Crippen LogP contribution in [-0.2, 0) is 33.7 Å². The molecule has 5 nitrogen and oxygen atoms in total. The van der Waals surface area contributed by atoms with Gasteiger partial charge in [-0.3, -0.25) is 8.37 Å². The Kier molecular flexibility index (Phi) is 9.77. The average molecular weight is 553 g/mol. The molecule has 0 amide bonds. The van der Waals surface area contributed by atoms with Gasteiger partial charge in [-0.2, -0.15) is 8.42 Å². The summed E-state index contributed by atoms with van der Waals surface area (Å²) in [5.41, 5.74) is 1.23. The highest BCUT2D eigenvalue weighted by Crippen LogP contribution is 2.41. The third kappa shape index (κ3) is 8.29. The number of rotatable bonds is 10. The maximum atomic E-state index is 14.0. The fourth-order valence-electron chi connectivity index (χ4n) is 3.99. The number of hydrogen-bond acceptors (Lipinski definition) is 5. The minimum absolute atomic E-state index is 0.0519. The van der Waals surface area contributed by atoms with Crippen LogP contribution in [0.15, 0.2) is 40.2 Å². The van der Waals surface area contributed by atoms with Crippen LogP contribution < -0.4 is 0 Å². The van der Waals surface area contributed by atoms with Crippen LogP contribution in [0.25, 0.3) is 5.57 Å². The Morgan fingerprint density at radius 1 is 0.919 bits per heavy atom. The van der Waals surface area contributed by atoms with Gasteiger partial charge in [0.1, 0.15) is 14.7 Å². The van der Waals surface area contributed by atoms with Gasteiger partial charge in [0, 0.05) is 10.5 Å². The Hall–Kier alpha value is -1.41. The maximum absolute atomic E-state index is 14.0. The monoisotopic (exact) mass is 552 g/mol. The van der Waals surface area contributed by atoms with E-state index in [1.54, 1.807) is 6.07 Å². The molecule has 0 bridgehead atoms. The zero-order valence-electron chi connectivity index (χ0n) is 24.6.